The molecule has 1 aliphatic rings. The Balaban J connectivity index is 2.20. The van der Waals surface area contributed by atoms with Gasteiger partial charge in [0.05, 0.1) is 6.61 Å². The van der Waals surface area contributed by atoms with Crippen LogP contribution in [0.15, 0.2) is 0 Å². The SMILES string of the molecule is CCCN1CCCC1COCC. The van der Waals surface area contributed by atoms with E-state index < -0.39 is 0 Å². The van der Waals surface area contributed by atoms with Crippen LogP contribution in [0.5, 0.6) is 0 Å². The van der Waals surface area contributed by atoms with E-state index in [2.05, 4.69) is 18.7 Å². The second-order valence-electron chi connectivity index (χ2n) is 3.49. The van der Waals surface area contributed by atoms with Gasteiger partial charge in [0.1, 0.15) is 0 Å². The number of nitrogens with zero attached hydrogens (tertiary/aromatic N) is 1. The summed E-state index contributed by atoms with van der Waals surface area (Å²) >= 11 is 0. The van der Waals surface area contributed by atoms with Crippen molar-refractivity contribution in [3.05, 3.63) is 0 Å². The highest BCUT2D eigenvalue weighted by Gasteiger charge is 2.22. The molecule has 12 heavy (non-hydrogen) atoms. The second-order valence-corrected chi connectivity index (χ2v) is 3.49. The monoisotopic (exact) mass is 171 g/mol. The van der Waals surface area contributed by atoms with Crippen molar-refractivity contribution in [1.29, 1.82) is 0 Å². The van der Waals surface area contributed by atoms with Gasteiger partial charge in [-0.25, -0.2) is 0 Å². The molecule has 0 radical (unpaired) electrons. The van der Waals surface area contributed by atoms with Gasteiger partial charge in [0.15, 0.2) is 0 Å². The molecule has 1 heterocycles. The number of hydrogen-bond acceptors (Lipinski definition) is 2. The van der Waals surface area contributed by atoms with E-state index in [1.807, 2.05) is 0 Å². The summed E-state index contributed by atoms with van der Waals surface area (Å²) in [6.45, 7) is 8.64. The van der Waals surface area contributed by atoms with Gasteiger partial charge in [-0.2, -0.15) is 0 Å². The molecule has 1 saturated heterocycles. The van der Waals surface area contributed by atoms with Crippen LogP contribution in [0.2, 0.25) is 0 Å². The molecular weight excluding hydrogens is 150 g/mol. The third-order valence-electron chi connectivity index (χ3n) is 2.52. The van der Waals surface area contributed by atoms with E-state index in [0.29, 0.717) is 6.04 Å². The Kier molecular flexibility index (Phi) is 4.62. The molecule has 1 atom stereocenters. The minimum atomic E-state index is 0.713. The standard InChI is InChI=1S/C10H21NO/c1-3-7-11-8-5-6-10(11)9-12-4-2/h10H,3-9H2,1-2H3. The van der Waals surface area contributed by atoms with Crippen LogP contribution in [0, 0.1) is 0 Å². The smallest absolute Gasteiger partial charge is 0.0621 e. The van der Waals surface area contributed by atoms with Crippen LogP contribution in [0.3, 0.4) is 0 Å². The van der Waals surface area contributed by atoms with Crippen molar-refractivity contribution in [1.82, 2.24) is 4.90 Å². The van der Waals surface area contributed by atoms with E-state index in [9.17, 15) is 0 Å². The Morgan fingerprint density at radius 1 is 1.42 bits per heavy atom. The molecule has 0 aromatic rings. The molecule has 0 aromatic heterocycles. The normalized spacial score (nSPS) is 25.0. The number of likely N-dealkylation sites (tertiary alicyclic amines) is 1. The maximum absolute atomic E-state index is 5.45. The summed E-state index contributed by atoms with van der Waals surface area (Å²) in [5.74, 6) is 0. The van der Waals surface area contributed by atoms with Crippen LogP contribution >= 0.6 is 0 Å². The molecule has 1 unspecified atom stereocenters. The van der Waals surface area contributed by atoms with E-state index in [4.69, 9.17) is 4.74 Å². The molecule has 0 amide bonds. The fraction of sp³-hybridized carbons (Fsp3) is 1.00. The van der Waals surface area contributed by atoms with Gasteiger partial charge in [-0.3, -0.25) is 4.90 Å². The predicted molar refractivity (Wildman–Crippen MR) is 51.4 cm³/mol. The first-order chi connectivity index (χ1) is 5.88. The molecule has 1 fully saturated rings. The molecule has 1 rings (SSSR count). The molecule has 0 aliphatic carbocycles. The quantitative estimate of drug-likeness (QED) is 0.626. The topological polar surface area (TPSA) is 12.5 Å². The van der Waals surface area contributed by atoms with Crippen LogP contribution < -0.4 is 0 Å². The highest BCUT2D eigenvalue weighted by Crippen LogP contribution is 2.17. The van der Waals surface area contributed by atoms with Crippen molar-refractivity contribution in [2.75, 3.05) is 26.3 Å². The molecule has 0 bridgehead atoms. The van der Waals surface area contributed by atoms with E-state index in [0.717, 1.165) is 13.2 Å². The van der Waals surface area contributed by atoms with E-state index in [1.54, 1.807) is 0 Å². The van der Waals surface area contributed by atoms with Gasteiger partial charge in [-0.1, -0.05) is 6.92 Å². The van der Waals surface area contributed by atoms with Gasteiger partial charge in [-0.05, 0) is 39.3 Å². The highest BCUT2D eigenvalue weighted by molar-refractivity contribution is 4.78. The Bertz CT molecular complexity index is 116. The number of rotatable bonds is 5. The van der Waals surface area contributed by atoms with Crippen molar-refractivity contribution in [2.45, 2.75) is 39.2 Å². The van der Waals surface area contributed by atoms with Gasteiger partial charge in [0.2, 0.25) is 0 Å². The molecule has 2 nitrogen and oxygen atoms in total. The summed E-state index contributed by atoms with van der Waals surface area (Å²) in [4.78, 5) is 2.57. The molecular formula is C10H21NO. The molecule has 2 heteroatoms. The van der Waals surface area contributed by atoms with Crippen molar-refractivity contribution < 1.29 is 4.74 Å². The molecule has 0 spiro atoms. The van der Waals surface area contributed by atoms with E-state index in [-0.39, 0.29) is 0 Å². The highest BCUT2D eigenvalue weighted by atomic mass is 16.5. The molecule has 72 valence electrons. The van der Waals surface area contributed by atoms with E-state index >= 15 is 0 Å². The van der Waals surface area contributed by atoms with Crippen LogP contribution in [-0.4, -0.2) is 37.2 Å². The molecule has 0 saturated carbocycles. The van der Waals surface area contributed by atoms with Crippen LogP contribution in [0.1, 0.15) is 33.1 Å². The molecule has 1 aliphatic heterocycles. The fourth-order valence-corrected chi connectivity index (χ4v) is 1.92. The van der Waals surface area contributed by atoms with Crippen molar-refractivity contribution in [2.24, 2.45) is 0 Å². The first-order valence-corrected chi connectivity index (χ1v) is 5.20. The summed E-state index contributed by atoms with van der Waals surface area (Å²) in [6.07, 6.45) is 3.96. The van der Waals surface area contributed by atoms with Crippen molar-refractivity contribution in [3.8, 4) is 0 Å². The zero-order chi connectivity index (χ0) is 8.81. The first kappa shape index (κ1) is 10.0. The lowest BCUT2D eigenvalue weighted by molar-refractivity contribution is 0.0853. The zero-order valence-corrected chi connectivity index (χ0v) is 8.38. The summed E-state index contributed by atoms with van der Waals surface area (Å²) in [6, 6.07) is 0.713. The molecule has 0 aromatic carbocycles. The minimum absolute atomic E-state index is 0.713. The van der Waals surface area contributed by atoms with Gasteiger partial charge >= 0.3 is 0 Å². The predicted octanol–water partition coefficient (Wildman–Crippen LogP) is 1.90. The Morgan fingerprint density at radius 3 is 2.92 bits per heavy atom. The van der Waals surface area contributed by atoms with Crippen LogP contribution in [-0.2, 0) is 4.74 Å². The number of hydrogen-bond donors (Lipinski definition) is 0. The number of ether oxygens (including phenoxy) is 1. The fourth-order valence-electron chi connectivity index (χ4n) is 1.92. The van der Waals surface area contributed by atoms with Gasteiger partial charge in [-0.15, -0.1) is 0 Å². The maximum atomic E-state index is 5.45. The summed E-state index contributed by atoms with van der Waals surface area (Å²) in [5.41, 5.74) is 0. The lowest BCUT2D eigenvalue weighted by Crippen LogP contribution is -2.33. The Morgan fingerprint density at radius 2 is 2.25 bits per heavy atom. The summed E-state index contributed by atoms with van der Waals surface area (Å²) in [5, 5.41) is 0. The zero-order valence-electron chi connectivity index (χ0n) is 8.38. The Labute approximate surface area is 75.9 Å². The van der Waals surface area contributed by atoms with E-state index in [1.165, 1.54) is 32.4 Å². The summed E-state index contributed by atoms with van der Waals surface area (Å²) < 4.78 is 5.45. The summed E-state index contributed by atoms with van der Waals surface area (Å²) in [7, 11) is 0. The van der Waals surface area contributed by atoms with Crippen molar-refractivity contribution >= 4 is 0 Å². The lowest BCUT2D eigenvalue weighted by atomic mass is 10.2. The Hall–Kier alpha value is -0.0800. The lowest BCUT2D eigenvalue weighted by Gasteiger charge is -2.23. The minimum Gasteiger partial charge on any atom is -0.380 e. The van der Waals surface area contributed by atoms with Gasteiger partial charge < -0.3 is 4.74 Å². The average molecular weight is 171 g/mol. The van der Waals surface area contributed by atoms with Crippen LogP contribution in [0.4, 0.5) is 0 Å². The average Bonchev–Trinajstić information content (AvgIpc) is 2.50. The third-order valence-corrected chi connectivity index (χ3v) is 2.52. The third kappa shape index (κ3) is 2.76. The second kappa shape index (κ2) is 5.55. The van der Waals surface area contributed by atoms with Gasteiger partial charge in [0.25, 0.3) is 0 Å². The van der Waals surface area contributed by atoms with Crippen LogP contribution in [0.25, 0.3) is 0 Å². The molecule has 0 N–H and O–H groups in total. The maximum Gasteiger partial charge on any atom is 0.0621 e. The van der Waals surface area contributed by atoms with Crippen molar-refractivity contribution in [3.63, 3.8) is 0 Å². The van der Waals surface area contributed by atoms with Gasteiger partial charge in [0, 0.05) is 12.6 Å². The largest absolute Gasteiger partial charge is 0.380 e. The first-order valence-electron chi connectivity index (χ1n) is 5.20.